The third-order valence-electron chi connectivity index (χ3n) is 5.41. The summed E-state index contributed by atoms with van der Waals surface area (Å²) in [6.07, 6.45) is -7.29. The topological polar surface area (TPSA) is 96.3 Å². The maximum atomic E-state index is 13.5. The van der Waals surface area contributed by atoms with Crippen molar-refractivity contribution in [3.05, 3.63) is 112 Å². The highest BCUT2D eigenvalue weighted by molar-refractivity contribution is 6.33. The van der Waals surface area contributed by atoms with Gasteiger partial charge in [0.25, 0.3) is 0 Å². The molecule has 1 heterocycles. The predicted molar refractivity (Wildman–Crippen MR) is 127 cm³/mol. The molecule has 0 aliphatic heterocycles. The Morgan fingerprint density at radius 1 is 0.943 bits per heavy atom. The first-order chi connectivity index (χ1) is 16.7. The summed E-state index contributed by atoms with van der Waals surface area (Å²) >= 11 is 6.28. The molecule has 0 aliphatic rings. The van der Waals surface area contributed by atoms with Crippen LogP contribution in [0.5, 0.6) is 0 Å². The molecule has 182 valence electrons. The van der Waals surface area contributed by atoms with Crippen molar-refractivity contribution in [3.63, 3.8) is 0 Å². The van der Waals surface area contributed by atoms with Crippen molar-refractivity contribution in [1.82, 2.24) is 9.78 Å². The van der Waals surface area contributed by atoms with Gasteiger partial charge in [0.1, 0.15) is 6.10 Å². The van der Waals surface area contributed by atoms with Crippen LogP contribution in [0.3, 0.4) is 0 Å². The molecule has 0 aliphatic carbocycles. The van der Waals surface area contributed by atoms with E-state index in [0.717, 1.165) is 10.7 Å². The first-order valence-corrected chi connectivity index (χ1v) is 11.0. The Kier molecular flexibility index (Phi) is 7.13. The highest BCUT2D eigenvalue weighted by Gasteiger charge is 2.36. The second-order valence-corrected chi connectivity index (χ2v) is 8.24. The Hall–Kier alpha value is -3.37. The fourth-order valence-electron chi connectivity index (χ4n) is 3.62. The molecule has 2 atom stereocenters. The molecule has 0 saturated heterocycles. The average molecular weight is 503 g/mol. The highest BCUT2D eigenvalue weighted by Crippen LogP contribution is 2.34. The zero-order valence-corrected chi connectivity index (χ0v) is 19.0. The highest BCUT2D eigenvalue weighted by atomic mass is 35.5. The van der Waals surface area contributed by atoms with Gasteiger partial charge in [-0.3, -0.25) is 0 Å². The average Bonchev–Trinajstić information content (AvgIpc) is 3.32. The zero-order valence-electron chi connectivity index (χ0n) is 18.2. The molecule has 0 fully saturated rings. The Balaban J connectivity index is 1.69. The number of nitrogens with two attached hydrogens (primary N) is 1. The van der Waals surface area contributed by atoms with Crippen molar-refractivity contribution in [2.24, 2.45) is 5.73 Å². The van der Waals surface area contributed by atoms with Crippen LogP contribution in [0.15, 0.2) is 78.9 Å². The van der Waals surface area contributed by atoms with Crippen molar-refractivity contribution in [3.8, 4) is 5.69 Å². The molecular formula is C25H22ClF3N4O2. The van der Waals surface area contributed by atoms with Gasteiger partial charge in [-0.2, -0.15) is 18.3 Å². The number of rotatable bonds is 7. The molecular weight excluding hydrogens is 481 g/mol. The second kappa shape index (κ2) is 10.1. The smallest absolute Gasteiger partial charge is 0.384 e. The first kappa shape index (κ1) is 24.7. The molecule has 5 N–H and O–H groups in total. The largest absolute Gasteiger partial charge is 0.435 e. The Labute approximate surface area is 204 Å². The monoisotopic (exact) mass is 502 g/mol. The number of benzene rings is 3. The van der Waals surface area contributed by atoms with Gasteiger partial charge < -0.3 is 21.3 Å². The number of hydrogen-bond donors (Lipinski definition) is 4. The Morgan fingerprint density at radius 2 is 1.69 bits per heavy atom. The molecule has 2 unspecified atom stereocenters. The van der Waals surface area contributed by atoms with Crippen LogP contribution in [-0.2, 0) is 12.7 Å². The minimum absolute atomic E-state index is 0.156. The number of alkyl halides is 3. The van der Waals surface area contributed by atoms with E-state index < -0.39 is 24.2 Å². The van der Waals surface area contributed by atoms with Gasteiger partial charge in [-0.1, -0.05) is 60.1 Å². The standard InChI is InChI=1S/C25H22ClF3N4O2/c26-19-10-9-17(23(34)16-6-2-1-3-7-16)12-20(19)31-24(35)21-13-22(25(27,28)29)32-33(21)18-8-4-5-15(11-18)14-30/h1-13,23-24,31,34-35H,14,30H2. The maximum Gasteiger partial charge on any atom is 0.435 e. The van der Waals surface area contributed by atoms with E-state index in [1.807, 2.05) is 6.07 Å². The lowest BCUT2D eigenvalue weighted by molar-refractivity contribution is -0.141. The molecule has 0 amide bonds. The van der Waals surface area contributed by atoms with Crippen molar-refractivity contribution in [1.29, 1.82) is 0 Å². The van der Waals surface area contributed by atoms with Crippen LogP contribution >= 0.6 is 11.6 Å². The third-order valence-corrected chi connectivity index (χ3v) is 5.74. The maximum absolute atomic E-state index is 13.5. The van der Waals surface area contributed by atoms with E-state index in [4.69, 9.17) is 17.3 Å². The summed E-state index contributed by atoms with van der Waals surface area (Å²) in [5.41, 5.74) is 6.69. The summed E-state index contributed by atoms with van der Waals surface area (Å²) in [4.78, 5) is 0. The molecule has 0 bridgehead atoms. The number of aliphatic hydroxyl groups excluding tert-OH is 2. The van der Waals surface area contributed by atoms with Crippen LogP contribution in [0.2, 0.25) is 5.02 Å². The summed E-state index contributed by atoms with van der Waals surface area (Å²) in [6, 6.07) is 20.9. The molecule has 0 spiro atoms. The van der Waals surface area contributed by atoms with E-state index in [9.17, 15) is 23.4 Å². The summed E-state index contributed by atoms with van der Waals surface area (Å²) in [5.74, 6) is 0. The number of nitrogens with one attached hydrogen (secondary N) is 1. The number of aliphatic hydroxyl groups is 2. The van der Waals surface area contributed by atoms with E-state index >= 15 is 0 Å². The van der Waals surface area contributed by atoms with Gasteiger partial charge in [0, 0.05) is 6.54 Å². The van der Waals surface area contributed by atoms with Crippen molar-refractivity contribution < 1.29 is 23.4 Å². The van der Waals surface area contributed by atoms with Gasteiger partial charge in [0.15, 0.2) is 11.9 Å². The molecule has 4 rings (SSSR count). The van der Waals surface area contributed by atoms with Gasteiger partial charge in [-0.25, -0.2) is 4.68 Å². The Morgan fingerprint density at radius 3 is 2.37 bits per heavy atom. The van der Waals surface area contributed by atoms with Crippen molar-refractivity contribution in [2.75, 3.05) is 5.32 Å². The van der Waals surface area contributed by atoms with E-state index in [1.165, 1.54) is 12.1 Å². The number of aromatic nitrogens is 2. The summed E-state index contributed by atoms with van der Waals surface area (Å²) in [5, 5.41) is 28.2. The fraction of sp³-hybridized carbons (Fsp3) is 0.160. The minimum atomic E-state index is -4.72. The van der Waals surface area contributed by atoms with E-state index in [2.05, 4.69) is 10.4 Å². The normalized spacial score (nSPS) is 13.5. The van der Waals surface area contributed by atoms with Crippen LogP contribution in [0.4, 0.5) is 18.9 Å². The zero-order chi connectivity index (χ0) is 25.2. The summed E-state index contributed by atoms with van der Waals surface area (Å²) in [7, 11) is 0. The molecule has 1 aromatic heterocycles. The van der Waals surface area contributed by atoms with Crippen LogP contribution in [-0.4, -0.2) is 20.0 Å². The molecule has 4 aromatic rings. The molecule has 35 heavy (non-hydrogen) atoms. The summed E-state index contributed by atoms with van der Waals surface area (Å²) < 4.78 is 41.4. The number of halogens is 4. The van der Waals surface area contributed by atoms with Gasteiger partial charge in [-0.15, -0.1) is 0 Å². The lowest BCUT2D eigenvalue weighted by Gasteiger charge is -2.19. The predicted octanol–water partition coefficient (Wildman–Crippen LogP) is 5.19. The minimum Gasteiger partial charge on any atom is -0.384 e. The van der Waals surface area contributed by atoms with Gasteiger partial charge in [0.2, 0.25) is 0 Å². The molecule has 0 saturated carbocycles. The van der Waals surface area contributed by atoms with E-state index in [0.29, 0.717) is 22.4 Å². The number of nitrogens with zero attached hydrogens (tertiary/aromatic N) is 2. The molecule has 3 aromatic carbocycles. The second-order valence-electron chi connectivity index (χ2n) is 7.84. The molecule has 0 radical (unpaired) electrons. The SMILES string of the molecule is NCc1cccc(-n2nc(C(F)(F)F)cc2C(O)Nc2cc(C(O)c3ccccc3)ccc2Cl)c1. The third kappa shape index (κ3) is 5.49. The lowest BCUT2D eigenvalue weighted by atomic mass is 10.0. The molecule has 6 nitrogen and oxygen atoms in total. The molecule has 10 heteroatoms. The van der Waals surface area contributed by atoms with Gasteiger partial charge >= 0.3 is 6.18 Å². The first-order valence-electron chi connectivity index (χ1n) is 10.6. The van der Waals surface area contributed by atoms with Gasteiger partial charge in [-0.05, 0) is 47.0 Å². The fourth-order valence-corrected chi connectivity index (χ4v) is 3.80. The van der Waals surface area contributed by atoms with E-state index in [1.54, 1.807) is 54.6 Å². The van der Waals surface area contributed by atoms with Crippen molar-refractivity contribution in [2.45, 2.75) is 25.1 Å². The number of hydrogen-bond acceptors (Lipinski definition) is 5. The van der Waals surface area contributed by atoms with E-state index in [-0.39, 0.29) is 22.9 Å². The van der Waals surface area contributed by atoms with Crippen LogP contribution in [0.25, 0.3) is 5.69 Å². The quantitative estimate of drug-likeness (QED) is 0.261. The number of anilines is 1. The van der Waals surface area contributed by atoms with Crippen molar-refractivity contribution >= 4 is 17.3 Å². The van der Waals surface area contributed by atoms with Crippen LogP contribution in [0, 0.1) is 0 Å². The van der Waals surface area contributed by atoms with Gasteiger partial charge in [0.05, 0.1) is 22.1 Å². The van der Waals surface area contributed by atoms with Crippen LogP contribution in [0.1, 0.15) is 40.4 Å². The van der Waals surface area contributed by atoms with Crippen LogP contribution < -0.4 is 11.1 Å². The lowest BCUT2D eigenvalue weighted by Crippen LogP contribution is -2.15. The Bertz CT molecular complexity index is 1310. The summed E-state index contributed by atoms with van der Waals surface area (Å²) in [6.45, 7) is 0.184.